The van der Waals surface area contributed by atoms with Gasteiger partial charge >= 0.3 is 0 Å². The summed E-state index contributed by atoms with van der Waals surface area (Å²) in [7, 11) is 1.57. The molecule has 7 nitrogen and oxygen atoms in total. The summed E-state index contributed by atoms with van der Waals surface area (Å²) in [6, 6.07) is 10.1. The molecule has 5 rings (SSSR count). The minimum atomic E-state index is -0.821. The predicted octanol–water partition coefficient (Wildman–Crippen LogP) is 4.74. The number of halogens is 2. The van der Waals surface area contributed by atoms with Crippen LogP contribution in [0.4, 0.5) is 14.7 Å². The van der Waals surface area contributed by atoms with Crippen LogP contribution in [0, 0.1) is 11.6 Å². The number of ether oxygens (including phenoxy) is 2. The first-order chi connectivity index (χ1) is 17.0. The summed E-state index contributed by atoms with van der Waals surface area (Å²) < 4.78 is 38.9. The molecule has 1 amide bonds. The Morgan fingerprint density at radius 3 is 2.46 bits per heavy atom. The third-order valence-electron chi connectivity index (χ3n) is 6.37. The van der Waals surface area contributed by atoms with Gasteiger partial charge in [0.05, 0.1) is 24.9 Å². The van der Waals surface area contributed by atoms with Crippen LogP contribution >= 0.6 is 0 Å². The average molecular weight is 481 g/mol. The topological polar surface area (TPSA) is 67.8 Å². The minimum absolute atomic E-state index is 0.129. The molecule has 3 heterocycles. The minimum Gasteiger partial charge on any atom is -0.497 e. The van der Waals surface area contributed by atoms with Crippen molar-refractivity contribution < 1.29 is 23.0 Å². The van der Waals surface area contributed by atoms with Gasteiger partial charge < -0.3 is 19.3 Å². The summed E-state index contributed by atoms with van der Waals surface area (Å²) in [4.78, 5) is 26.4. The molecular formula is C26H26F2N4O3. The molecule has 0 spiro atoms. The van der Waals surface area contributed by atoms with Gasteiger partial charge in [-0.15, -0.1) is 0 Å². The molecule has 2 aliphatic rings. The van der Waals surface area contributed by atoms with Crippen LogP contribution in [0.2, 0.25) is 0 Å². The fourth-order valence-corrected chi connectivity index (χ4v) is 4.44. The predicted molar refractivity (Wildman–Crippen MR) is 126 cm³/mol. The number of anilines is 1. The fraction of sp³-hybridized carbons (Fsp3) is 0.346. The first kappa shape index (κ1) is 23.0. The molecule has 2 aromatic carbocycles. The highest BCUT2D eigenvalue weighted by molar-refractivity contribution is 5.94. The maximum atomic E-state index is 14.4. The van der Waals surface area contributed by atoms with E-state index in [2.05, 4.69) is 9.88 Å². The van der Waals surface area contributed by atoms with E-state index in [9.17, 15) is 13.6 Å². The lowest BCUT2D eigenvalue weighted by molar-refractivity contribution is 0.0732. The number of methoxy groups -OCH3 is 1. The highest BCUT2D eigenvalue weighted by atomic mass is 19.1. The number of piperidine rings is 1. The van der Waals surface area contributed by atoms with Gasteiger partial charge in [-0.2, -0.15) is 4.98 Å². The number of aromatic nitrogens is 2. The van der Waals surface area contributed by atoms with E-state index in [4.69, 9.17) is 14.5 Å². The van der Waals surface area contributed by atoms with E-state index in [0.29, 0.717) is 35.8 Å². The van der Waals surface area contributed by atoms with Crippen molar-refractivity contribution in [1.29, 1.82) is 0 Å². The van der Waals surface area contributed by atoms with Crippen molar-refractivity contribution in [2.24, 2.45) is 0 Å². The van der Waals surface area contributed by atoms with E-state index < -0.39 is 11.6 Å². The van der Waals surface area contributed by atoms with Crippen LogP contribution in [0.5, 0.6) is 17.4 Å². The van der Waals surface area contributed by atoms with Gasteiger partial charge in [-0.25, -0.2) is 13.8 Å². The summed E-state index contributed by atoms with van der Waals surface area (Å²) in [6.45, 7) is 2.38. The number of rotatable bonds is 5. The van der Waals surface area contributed by atoms with Crippen LogP contribution in [0.1, 0.15) is 40.9 Å². The summed E-state index contributed by atoms with van der Waals surface area (Å²) in [5.74, 6) is -0.387. The maximum absolute atomic E-state index is 14.4. The van der Waals surface area contributed by atoms with E-state index in [1.54, 1.807) is 36.3 Å². The molecule has 2 aliphatic heterocycles. The van der Waals surface area contributed by atoms with Gasteiger partial charge in [-0.3, -0.25) is 4.79 Å². The third kappa shape index (κ3) is 4.89. The molecule has 1 aromatic heterocycles. The molecule has 1 saturated heterocycles. The monoisotopic (exact) mass is 480 g/mol. The van der Waals surface area contributed by atoms with Crippen LogP contribution in [-0.2, 0) is 13.0 Å². The smallest absolute Gasteiger partial charge is 0.254 e. The number of fused-ring (bicyclic) bond motifs is 1. The van der Waals surface area contributed by atoms with Crippen LogP contribution in [0.3, 0.4) is 0 Å². The number of carbonyl (C=O) groups is 1. The number of hydrogen-bond acceptors (Lipinski definition) is 6. The van der Waals surface area contributed by atoms with Gasteiger partial charge in [-0.05, 0) is 55.7 Å². The van der Waals surface area contributed by atoms with Crippen molar-refractivity contribution in [2.75, 3.05) is 31.6 Å². The normalized spacial score (nSPS) is 15.5. The Kier molecular flexibility index (Phi) is 6.48. The van der Waals surface area contributed by atoms with E-state index in [1.807, 2.05) is 0 Å². The number of carbonyl (C=O) groups excluding carboxylic acids is 1. The lowest BCUT2D eigenvalue weighted by atomic mass is 10.0. The molecule has 0 atom stereocenters. The van der Waals surface area contributed by atoms with E-state index >= 15 is 0 Å². The van der Waals surface area contributed by atoms with Crippen molar-refractivity contribution in [3.05, 3.63) is 70.9 Å². The Morgan fingerprint density at radius 1 is 0.971 bits per heavy atom. The zero-order chi connectivity index (χ0) is 24.4. The van der Waals surface area contributed by atoms with Crippen molar-refractivity contribution in [1.82, 2.24) is 14.9 Å². The first-order valence-corrected chi connectivity index (χ1v) is 11.7. The van der Waals surface area contributed by atoms with Crippen LogP contribution in [-0.4, -0.2) is 47.5 Å². The maximum Gasteiger partial charge on any atom is 0.254 e. The zero-order valence-corrected chi connectivity index (χ0v) is 19.5. The second kappa shape index (κ2) is 9.85. The van der Waals surface area contributed by atoms with Crippen molar-refractivity contribution in [3.8, 4) is 17.4 Å². The Bertz CT molecular complexity index is 1230. The van der Waals surface area contributed by atoms with Crippen molar-refractivity contribution >= 4 is 11.9 Å². The average Bonchev–Trinajstić information content (AvgIpc) is 2.90. The Balaban J connectivity index is 1.48. The van der Waals surface area contributed by atoms with Gasteiger partial charge in [0.1, 0.15) is 11.6 Å². The molecule has 182 valence electrons. The Labute approximate surface area is 202 Å². The molecule has 0 radical (unpaired) electrons. The summed E-state index contributed by atoms with van der Waals surface area (Å²) >= 11 is 0. The molecule has 35 heavy (non-hydrogen) atoms. The fourth-order valence-electron chi connectivity index (χ4n) is 4.44. The molecule has 3 aromatic rings. The third-order valence-corrected chi connectivity index (χ3v) is 6.37. The van der Waals surface area contributed by atoms with E-state index in [-0.39, 0.29) is 24.1 Å². The number of nitrogens with zero attached hydrogens (tertiary/aromatic N) is 4. The van der Waals surface area contributed by atoms with Crippen molar-refractivity contribution in [2.45, 2.75) is 32.2 Å². The zero-order valence-electron chi connectivity index (χ0n) is 19.5. The van der Waals surface area contributed by atoms with Crippen molar-refractivity contribution in [3.63, 3.8) is 0 Å². The highest BCUT2D eigenvalue weighted by Crippen LogP contribution is 2.33. The first-order valence-electron chi connectivity index (χ1n) is 11.7. The molecule has 1 fully saturated rings. The van der Waals surface area contributed by atoms with Gasteiger partial charge in [0.15, 0.2) is 11.6 Å². The molecular weight excluding hydrogens is 454 g/mol. The summed E-state index contributed by atoms with van der Waals surface area (Å²) in [6.07, 6.45) is 3.78. The van der Waals surface area contributed by atoms with E-state index in [1.165, 1.54) is 6.07 Å². The van der Waals surface area contributed by atoms with Gasteiger partial charge in [-0.1, -0.05) is 0 Å². The SMILES string of the molecule is COc1ccc(C(=O)N2CCc3nc(N4CCCCC4)nc(Oc4ccc(F)cc4F)c3C2)cc1. The number of hydrogen-bond donors (Lipinski definition) is 0. The second-order valence-corrected chi connectivity index (χ2v) is 8.68. The Hall–Kier alpha value is -3.75. The lowest BCUT2D eigenvalue weighted by Gasteiger charge is -2.32. The molecule has 0 unspecified atom stereocenters. The van der Waals surface area contributed by atoms with Crippen LogP contribution in [0.15, 0.2) is 42.5 Å². The second-order valence-electron chi connectivity index (χ2n) is 8.68. The highest BCUT2D eigenvalue weighted by Gasteiger charge is 2.29. The number of benzene rings is 2. The largest absolute Gasteiger partial charge is 0.497 e. The summed E-state index contributed by atoms with van der Waals surface area (Å²) in [5, 5.41) is 0. The van der Waals surface area contributed by atoms with Crippen LogP contribution < -0.4 is 14.4 Å². The van der Waals surface area contributed by atoms with E-state index in [0.717, 1.165) is 50.2 Å². The quantitative estimate of drug-likeness (QED) is 0.525. The Morgan fingerprint density at radius 2 is 1.74 bits per heavy atom. The van der Waals surface area contributed by atoms with Gasteiger partial charge in [0, 0.05) is 37.7 Å². The molecule has 0 N–H and O–H groups in total. The number of amides is 1. The van der Waals surface area contributed by atoms with Gasteiger partial charge in [0.25, 0.3) is 5.91 Å². The molecule has 0 aliphatic carbocycles. The summed E-state index contributed by atoms with van der Waals surface area (Å²) in [5.41, 5.74) is 1.94. The molecule has 0 bridgehead atoms. The molecule has 0 saturated carbocycles. The standard InChI is InChI=1S/C26H26F2N4O3/c1-34-19-8-5-17(6-9-19)25(33)32-14-11-22-20(16-32)24(35-23-10-7-18(27)15-21(23)28)30-26(29-22)31-12-3-2-4-13-31/h5-10,15H,2-4,11-14,16H2,1H3. The van der Waals surface area contributed by atoms with Crippen LogP contribution in [0.25, 0.3) is 0 Å². The van der Waals surface area contributed by atoms with Gasteiger partial charge in [0.2, 0.25) is 11.8 Å². The lowest BCUT2D eigenvalue weighted by Crippen LogP contribution is -2.37. The molecule has 9 heteroatoms.